The summed E-state index contributed by atoms with van der Waals surface area (Å²) in [6.45, 7) is 3.53. The number of aromatic amines is 1. The molecule has 0 aliphatic heterocycles. The van der Waals surface area contributed by atoms with Gasteiger partial charge in [0.1, 0.15) is 0 Å². The third-order valence-corrected chi connectivity index (χ3v) is 3.89. The zero-order valence-electron chi connectivity index (χ0n) is 13.8. The lowest BCUT2D eigenvalue weighted by Gasteiger charge is -2.04. The van der Waals surface area contributed by atoms with Gasteiger partial charge in [0.15, 0.2) is 5.69 Å². The Morgan fingerprint density at radius 1 is 1.16 bits per heavy atom. The molecular formula is C16H15BrN6O2. The summed E-state index contributed by atoms with van der Waals surface area (Å²) in [7, 11) is 1.51. The van der Waals surface area contributed by atoms with E-state index in [1.807, 2.05) is 12.1 Å². The van der Waals surface area contributed by atoms with Gasteiger partial charge in [0.2, 0.25) is 5.88 Å². The molecule has 0 unspecified atom stereocenters. The molecule has 1 aromatic carbocycles. The van der Waals surface area contributed by atoms with Gasteiger partial charge in [-0.25, -0.2) is 4.98 Å². The monoisotopic (exact) mass is 402 g/mol. The van der Waals surface area contributed by atoms with Gasteiger partial charge in [0, 0.05) is 16.2 Å². The standard InChI is InChI=1S/C16H15BrN6O2/c1-9-8-13(25-3)19-16(18-9)23-15(24)14(10(2)22-23)21-20-12-6-4-11(17)5-7-12/h4-8,22H,1-3H3. The third-order valence-electron chi connectivity index (χ3n) is 3.36. The van der Waals surface area contributed by atoms with E-state index in [-0.39, 0.29) is 17.2 Å². The lowest BCUT2D eigenvalue weighted by Crippen LogP contribution is -2.17. The van der Waals surface area contributed by atoms with Crippen LogP contribution < -0.4 is 10.3 Å². The second-order valence-corrected chi connectivity index (χ2v) is 6.17. The van der Waals surface area contributed by atoms with Gasteiger partial charge in [-0.1, -0.05) is 15.9 Å². The highest BCUT2D eigenvalue weighted by Crippen LogP contribution is 2.20. The first-order valence-electron chi connectivity index (χ1n) is 7.37. The predicted molar refractivity (Wildman–Crippen MR) is 96.3 cm³/mol. The molecule has 1 N–H and O–H groups in total. The fraction of sp³-hybridized carbons (Fsp3) is 0.188. The number of ether oxygens (including phenoxy) is 1. The molecule has 0 aliphatic carbocycles. The van der Waals surface area contributed by atoms with Crippen LogP contribution in [0.2, 0.25) is 0 Å². The minimum Gasteiger partial charge on any atom is -0.481 e. The molecule has 0 aliphatic rings. The van der Waals surface area contributed by atoms with Crippen LogP contribution in [0, 0.1) is 13.8 Å². The number of nitrogens with zero attached hydrogens (tertiary/aromatic N) is 5. The Morgan fingerprint density at radius 2 is 1.88 bits per heavy atom. The summed E-state index contributed by atoms with van der Waals surface area (Å²) in [5.74, 6) is 0.565. The quantitative estimate of drug-likeness (QED) is 0.671. The van der Waals surface area contributed by atoms with Crippen molar-refractivity contribution in [1.82, 2.24) is 19.7 Å². The molecule has 0 saturated heterocycles. The van der Waals surface area contributed by atoms with Crippen molar-refractivity contribution >= 4 is 27.3 Å². The average Bonchev–Trinajstić information content (AvgIpc) is 2.88. The fourth-order valence-corrected chi connectivity index (χ4v) is 2.41. The number of rotatable bonds is 4. The van der Waals surface area contributed by atoms with Crippen molar-refractivity contribution in [1.29, 1.82) is 0 Å². The van der Waals surface area contributed by atoms with E-state index in [1.54, 1.807) is 32.0 Å². The van der Waals surface area contributed by atoms with Crippen molar-refractivity contribution in [2.75, 3.05) is 7.11 Å². The van der Waals surface area contributed by atoms with E-state index in [4.69, 9.17) is 4.74 Å². The topological polar surface area (TPSA) is 97.5 Å². The molecule has 0 saturated carbocycles. The molecule has 0 amide bonds. The lowest BCUT2D eigenvalue weighted by atomic mass is 10.3. The van der Waals surface area contributed by atoms with Crippen LogP contribution in [0.25, 0.3) is 5.95 Å². The molecule has 3 aromatic rings. The van der Waals surface area contributed by atoms with Gasteiger partial charge in [-0.15, -0.1) is 5.11 Å². The van der Waals surface area contributed by atoms with Crippen LogP contribution in [0.15, 0.2) is 49.8 Å². The van der Waals surface area contributed by atoms with Crippen LogP contribution in [-0.2, 0) is 0 Å². The van der Waals surface area contributed by atoms with E-state index in [0.29, 0.717) is 23.0 Å². The van der Waals surface area contributed by atoms with Gasteiger partial charge in [0.05, 0.1) is 18.5 Å². The molecule has 0 atom stereocenters. The van der Waals surface area contributed by atoms with Crippen LogP contribution >= 0.6 is 15.9 Å². The summed E-state index contributed by atoms with van der Waals surface area (Å²) < 4.78 is 7.29. The van der Waals surface area contributed by atoms with Crippen LogP contribution in [0.4, 0.5) is 11.4 Å². The number of hydrogen-bond donors (Lipinski definition) is 1. The van der Waals surface area contributed by atoms with Gasteiger partial charge in [-0.3, -0.25) is 9.89 Å². The molecule has 128 valence electrons. The summed E-state index contributed by atoms with van der Waals surface area (Å²) in [5.41, 5.74) is 1.70. The van der Waals surface area contributed by atoms with Crippen molar-refractivity contribution in [2.24, 2.45) is 10.2 Å². The second kappa shape index (κ2) is 6.98. The van der Waals surface area contributed by atoms with Crippen molar-refractivity contribution < 1.29 is 4.74 Å². The van der Waals surface area contributed by atoms with Crippen molar-refractivity contribution in [3.8, 4) is 11.8 Å². The van der Waals surface area contributed by atoms with Crippen molar-refractivity contribution in [2.45, 2.75) is 13.8 Å². The molecule has 2 aromatic heterocycles. The minimum absolute atomic E-state index is 0.190. The lowest BCUT2D eigenvalue weighted by molar-refractivity contribution is 0.395. The summed E-state index contributed by atoms with van der Waals surface area (Å²) in [6.07, 6.45) is 0. The van der Waals surface area contributed by atoms with Crippen LogP contribution in [0.5, 0.6) is 5.88 Å². The Bertz CT molecular complexity index is 991. The maximum absolute atomic E-state index is 12.6. The van der Waals surface area contributed by atoms with Gasteiger partial charge in [-0.2, -0.15) is 14.8 Å². The first kappa shape index (κ1) is 17.0. The van der Waals surface area contributed by atoms with E-state index in [1.165, 1.54) is 11.8 Å². The molecule has 2 heterocycles. The van der Waals surface area contributed by atoms with E-state index < -0.39 is 0 Å². The van der Waals surface area contributed by atoms with Gasteiger partial charge in [0.25, 0.3) is 5.95 Å². The molecule has 0 radical (unpaired) electrons. The van der Waals surface area contributed by atoms with Gasteiger partial charge < -0.3 is 4.74 Å². The first-order chi connectivity index (χ1) is 12.0. The van der Waals surface area contributed by atoms with E-state index in [0.717, 1.165) is 4.47 Å². The SMILES string of the molecule is COc1cc(C)nc(-n2[nH]c(C)c(N=Nc3ccc(Br)cc3)c2=O)n1. The van der Waals surface area contributed by atoms with Crippen molar-refractivity contribution in [3.05, 3.63) is 56.5 Å². The number of hydrogen-bond acceptors (Lipinski definition) is 6. The zero-order chi connectivity index (χ0) is 18.0. The maximum Gasteiger partial charge on any atom is 0.301 e. The number of H-pyrrole nitrogens is 1. The smallest absolute Gasteiger partial charge is 0.301 e. The number of azo groups is 1. The highest BCUT2D eigenvalue weighted by atomic mass is 79.9. The summed E-state index contributed by atoms with van der Waals surface area (Å²) in [6, 6.07) is 8.97. The Balaban J connectivity index is 2.00. The van der Waals surface area contributed by atoms with Crippen LogP contribution in [-0.4, -0.2) is 26.9 Å². The highest BCUT2D eigenvalue weighted by Gasteiger charge is 2.15. The Hall–Kier alpha value is -2.81. The number of aromatic nitrogens is 4. The number of benzene rings is 1. The number of methoxy groups -OCH3 is 1. The second-order valence-electron chi connectivity index (χ2n) is 5.25. The summed E-state index contributed by atoms with van der Waals surface area (Å²) in [5, 5.41) is 11.1. The predicted octanol–water partition coefficient (Wildman–Crippen LogP) is 3.76. The van der Waals surface area contributed by atoms with Crippen molar-refractivity contribution in [3.63, 3.8) is 0 Å². The zero-order valence-corrected chi connectivity index (χ0v) is 15.4. The molecule has 25 heavy (non-hydrogen) atoms. The number of nitrogens with one attached hydrogen (secondary N) is 1. The summed E-state index contributed by atoms with van der Waals surface area (Å²) in [4.78, 5) is 21.1. The number of aryl methyl sites for hydroxylation is 2. The van der Waals surface area contributed by atoms with E-state index in [9.17, 15) is 4.79 Å². The average molecular weight is 403 g/mol. The summed E-state index contributed by atoms with van der Waals surface area (Å²) >= 11 is 3.36. The number of halogens is 1. The highest BCUT2D eigenvalue weighted by molar-refractivity contribution is 9.10. The van der Waals surface area contributed by atoms with Gasteiger partial charge in [-0.05, 0) is 38.1 Å². The Kier molecular flexibility index (Phi) is 4.75. The molecule has 8 nitrogen and oxygen atoms in total. The van der Waals surface area contributed by atoms with Crippen LogP contribution in [0.3, 0.4) is 0 Å². The molecule has 0 spiro atoms. The molecule has 0 bridgehead atoms. The molecule has 3 rings (SSSR count). The fourth-order valence-electron chi connectivity index (χ4n) is 2.14. The Labute approximate surface area is 151 Å². The molecule has 9 heteroatoms. The maximum atomic E-state index is 12.6. The largest absolute Gasteiger partial charge is 0.481 e. The molecule has 0 fully saturated rings. The third kappa shape index (κ3) is 3.66. The first-order valence-corrected chi connectivity index (χ1v) is 8.16. The van der Waals surface area contributed by atoms with E-state index >= 15 is 0 Å². The Morgan fingerprint density at radius 3 is 2.56 bits per heavy atom. The minimum atomic E-state index is -0.383. The van der Waals surface area contributed by atoms with E-state index in [2.05, 4.69) is 41.2 Å². The molecular weight excluding hydrogens is 388 g/mol. The van der Waals surface area contributed by atoms with Crippen LogP contribution in [0.1, 0.15) is 11.4 Å². The van der Waals surface area contributed by atoms with Gasteiger partial charge >= 0.3 is 5.56 Å². The normalized spacial score (nSPS) is 11.2.